The van der Waals surface area contributed by atoms with Crippen LogP contribution in [0.2, 0.25) is 0 Å². The van der Waals surface area contributed by atoms with Gasteiger partial charge in [0.2, 0.25) is 11.8 Å². The van der Waals surface area contributed by atoms with Crippen molar-refractivity contribution in [1.82, 2.24) is 0 Å². The molecule has 0 spiro atoms. The molecule has 154 valence electrons. The van der Waals surface area contributed by atoms with Crippen LogP contribution in [-0.2, 0) is 15.0 Å². The van der Waals surface area contributed by atoms with E-state index in [9.17, 15) is 9.59 Å². The summed E-state index contributed by atoms with van der Waals surface area (Å²) in [4.78, 5) is 29.4. The molecule has 0 N–H and O–H groups in total. The maximum atomic E-state index is 14.0. The minimum Gasteiger partial charge on any atom is -0.274 e. The lowest BCUT2D eigenvalue weighted by atomic mass is 9.46. The highest BCUT2D eigenvalue weighted by atomic mass is 79.9. The molecule has 2 amide bonds. The Hall–Kier alpha value is -2.72. The van der Waals surface area contributed by atoms with Gasteiger partial charge in [0.05, 0.1) is 17.5 Å². The third kappa shape index (κ3) is 2.19. The topological polar surface area (TPSA) is 37.4 Å². The number of carbonyl (C=O) groups excluding carboxylic acids is 2. The summed E-state index contributed by atoms with van der Waals surface area (Å²) >= 11 is 3.57. The maximum Gasteiger partial charge on any atom is 0.238 e. The summed E-state index contributed by atoms with van der Waals surface area (Å²) in [5, 5.41) is 0. The van der Waals surface area contributed by atoms with Gasteiger partial charge in [-0.05, 0) is 53.3 Å². The maximum absolute atomic E-state index is 14.0. The Morgan fingerprint density at radius 1 is 0.903 bits per heavy atom. The van der Waals surface area contributed by atoms with Crippen LogP contribution in [0.15, 0.2) is 71.2 Å². The third-order valence-electron chi connectivity index (χ3n) is 7.77. The van der Waals surface area contributed by atoms with E-state index in [1.165, 1.54) is 27.2 Å². The Morgan fingerprint density at radius 3 is 2.10 bits per heavy atom. The highest BCUT2D eigenvalue weighted by Gasteiger charge is 2.67. The average Bonchev–Trinajstić information content (AvgIpc) is 3.07. The van der Waals surface area contributed by atoms with Gasteiger partial charge >= 0.3 is 0 Å². The Morgan fingerprint density at radius 2 is 1.52 bits per heavy atom. The zero-order chi connectivity index (χ0) is 21.5. The average molecular weight is 472 g/mol. The number of nitrogens with zero attached hydrogens (tertiary/aromatic N) is 1. The van der Waals surface area contributed by atoms with Crippen LogP contribution in [0.3, 0.4) is 0 Å². The van der Waals surface area contributed by atoms with Crippen molar-refractivity contribution in [2.45, 2.75) is 31.6 Å². The molecule has 0 saturated carbocycles. The molecule has 0 aromatic heterocycles. The van der Waals surface area contributed by atoms with Crippen LogP contribution in [0.1, 0.15) is 47.1 Å². The lowest BCUT2D eigenvalue weighted by molar-refractivity contribution is -0.123. The molecule has 3 aromatic rings. The molecular weight excluding hydrogens is 450 g/mol. The van der Waals surface area contributed by atoms with Crippen molar-refractivity contribution in [1.29, 1.82) is 0 Å². The fourth-order valence-corrected chi connectivity index (χ4v) is 6.87. The summed E-state index contributed by atoms with van der Waals surface area (Å²) in [6.45, 7) is 4.15. The van der Waals surface area contributed by atoms with Crippen molar-refractivity contribution in [2.24, 2.45) is 11.8 Å². The first-order valence-electron chi connectivity index (χ1n) is 10.8. The van der Waals surface area contributed by atoms with Crippen LogP contribution in [0.25, 0.3) is 0 Å². The van der Waals surface area contributed by atoms with Crippen molar-refractivity contribution in [3.8, 4) is 0 Å². The third-order valence-corrected chi connectivity index (χ3v) is 8.62. The lowest BCUT2D eigenvalue weighted by Crippen LogP contribution is -2.53. The Balaban J connectivity index is 1.62. The number of hydrogen-bond acceptors (Lipinski definition) is 2. The molecule has 1 heterocycles. The quantitative estimate of drug-likeness (QED) is 0.448. The number of rotatable bonds is 2. The molecule has 2 bridgehead atoms. The fraction of sp³-hybridized carbons (Fsp3) is 0.259. The monoisotopic (exact) mass is 471 g/mol. The van der Waals surface area contributed by atoms with E-state index in [2.05, 4.69) is 71.4 Å². The molecule has 3 aromatic carbocycles. The second-order valence-electron chi connectivity index (χ2n) is 8.93. The van der Waals surface area contributed by atoms with Gasteiger partial charge in [0, 0.05) is 15.8 Å². The fourth-order valence-electron chi connectivity index (χ4n) is 6.50. The van der Waals surface area contributed by atoms with Crippen molar-refractivity contribution in [2.75, 3.05) is 4.90 Å². The highest BCUT2D eigenvalue weighted by Crippen LogP contribution is 2.65. The van der Waals surface area contributed by atoms with Crippen LogP contribution in [-0.4, -0.2) is 11.8 Å². The number of benzene rings is 3. The Bertz CT molecular complexity index is 1230. The summed E-state index contributed by atoms with van der Waals surface area (Å²) in [7, 11) is 0. The zero-order valence-electron chi connectivity index (χ0n) is 17.4. The largest absolute Gasteiger partial charge is 0.274 e. The summed E-state index contributed by atoms with van der Waals surface area (Å²) in [6.07, 6.45) is 0.777. The van der Waals surface area contributed by atoms with E-state index in [1.807, 2.05) is 25.1 Å². The van der Waals surface area contributed by atoms with E-state index in [1.54, 1.807) is 0 Å². The van der Waals surface area contributed by atoms with Crippen LogP contribution in [0, 0.1) is 18.8 Å². The van der Waals surface area contributed by atoms with Gasteiger partial charge in [-0.3, -0.25) is 9.59 Å². The summed E-state index contributed by atoms with van der Waals surface area (Å²) in [5.41, 5.74) is 6.10. The van der Waals surface area contributed by atoms with Gasteiger partial charge in [0.1, 0.15) is 0 Å². The van der Waals surface area contributed by atoms with Crippen molar-refractivity contribution in [3.05, 3.63) is 99.0 Å². The number of halogens is 1. The van der Waals surface area contributed by atoms with Gasteiger partial charge in [-0.1, -0.05) is 77.5 Å². The van der Waals surface area contributed by atoms with E-state index in [0.29, 0.717) is 5.69 Å². The molecule has 1 fully saturated rings. The molecule has 1 saturated heterocycles. The van der Waals surface area contributed by atoms with Gasteiger partial charge in [-0.2, -0.15) is 0 Å². The van der Waals surface area contributed by atoms with Gasteiger partial charge in [0.15, 0.2) is 0 Å². The molecule has 1 aliphatic heterocycles. The first kappa shape index (κ1) is 19.0. The van der Waals surface area contributed by atoms with Crippen LogP contribution in [0.4, 0.5) is 5.69 Å². The highest BCUT2D eigenvalue weighted by molar-refractivity contribution is 9.10. The number of imide groups is 1. The summed E-state index contributed by atoms with van der Waals surface area (Å²) in [6, 6.07) is 22.6. The minimum atomic E-state index is -0.476. The smallest absolute Gasteiger partial charge is 0.238 e. The molecule has 0 radical (unpaired) electrons. The van der Waals surface area contributed by atoms with Crippen molar-refractivity contribution < 1.29 is 9.59 Å². The summed E-state index contributed by atoms with van der Waals surface area (Å²) in [5.74, 6) is -0.961. The number of aryl methyl sites for hydroxylation is 1. The molecule has 7 rings (SSSR count). The summed E-state index contributed by atoms with van der Waals surface area (Å²) < 4.78 is 0.903. The second kappa shape index (κ2) is 6.39. The van der Waals surface area contributed by atoms with E-state index in [-0.39, 0.29) is 29.6 Å². The first-order valence-corrected chi connectivity index (χ1v) is 11.6. The van der Waals surface area contributed by atoms with Gasteiger partial charge in [-0.25, -0.2) is 4.90 Å². The molecule has 3 aliphatic carbocycles. The molecule has 3 nitrogen and oxygen atoms in total. The van der Waals surface area contributed by atoms with Crippen LogP contribution in [0.5, 0.6) is 0 Å². The van der Waals surface area contributed by atoms with Crippen molar-refractivity contribution >= 4 is 33.4 Å². The van der Waals surface area contributed by atoms with E-state index in [0.717, 1.165) is 16.5 Å². The minimum absolute atomic E-state index is 0.0680. The molecule has 2 unspecified atom stereocenters. The van der Waals surface area contributed by atoms with E-state index >= 15 is 0 Å². The van der Waals surface area contributed by atoms with E-state index < -0.39 is 5.41 Å². The molecular formula is C27H22BrNO2. The SMILES string of the molecule is CCC12c3ccccc3C(c3ccccc31)C1C(=O)N(c3ccc(C)c(Br)c3)C(=O)C12. The number of hydrogen-bond donors (Lipinski definition) is 0. The predicted octanol–water partition coefficient (Wildman–Crippen LogP) is 5.72. The molecule has 4 heteroatoms. The van der Waals surface area contributed by atoms with Gasteiger partial charge < -0.3 is 0 Å². The zero-order valence-corrected chi connectivity index (χ0v) is 19.0. The molecule has 4 aliphatic rings. The van der Waals surface area contributed by atoms with Gasteiger partial charge in [0.25, 0.3) is 0 Å². The predicted molar refractivity (Wildman–Crippen MR) is 124 cm³/mol. The van der Waals surface area contributed by atoms with Crippen LogP contribution >= 0.6 is 15.9 Å². The van der Waals surface area contributed by atoms with E-state index in [4.69, 9.17) is 0 Å². The van der Waals surface area contributed by atoms with Crippen molar-refractivity contribution in [3.63, 3.8) is 0 Å². The molecule has 31 heavy (non-hydrogen) atoms. The Labute approximate surface area is 190 Å². The second-order valence-corrected chi connectivity index (χ2v) is 9.78. The first-order chi connectivity index (χ1) is 15.0. The molecule has 2 atom stereocenters. The standard InChI is InChI=1S/C27H22BrNO2/c1-3-27-19-10-6-4-8-17(19)22(18-9-5-7-11-20(18)27)23-24(27)26(31)29(25(23)30)16-13-12-15(2)21(28)14-16/h4-14,22-24H,3H2,1-2H3. The van der Waals surface area contributed by atoms with Gasteiger partial charge in [-0.15, -0.1) is 0 Å². The Kier molecular flexibility index (Phi) is 3.92. The number of amides is 2. The van der Waals surface area contributed by atoms with Crippen LogP contribution < -0.4 is 4.90 Å². The number of anilines is 1. The number of carbonyl (C=O) groups is 2. The lowest BCUT2D eigenvalue weighted by Gasteiger charge is -2.54. The normalized spacial score (nSPS) is 27.8.